The molecule has 0 aliphatic rings. The first-order valence-electron chi connectivity index (χ1n) is 8.10. The van der Waals surface area contributed by atoms with Gasteiger partial charge in [-0.25, -0.2) is 14.1 Å². The number of hydrogen-bond acceptors (Lipinski definition) is 7. The molecule has 16 heteroatoms. The summed E-state index contributed by atoms with van der Waals surface area (Å²) in [6.45, 7) is -0.916. The summed E-state index contributed by atoms with van der Waals surface area (Å²) in [4.78, 5) is 33.1. The molecule has 0 bridgehead atoms. The van der Waals surface area contributed by atoms with Crippen LogP contribution in [0, 0.1) is 5.41 Å². The molecule has 12 nitrogen and oxygen atoms in total. The Kier molecular flexibility index (Phi) is 5.62. The Labute approximate surface area is 170 Å². The van der Waals surface area contributed by atoms with Crippen LogP contribution < -0.4 is 16.0 Å². The highest BCUT2D eigenvalue weighted by Gasteiger charge is 2.36. The Morgan fingerprint density at radius 3 is 2.58 bits per heavy atom. The predicted molar refractivity (Wildman–Crippen MR) is 95.5 cm³/mol. The zero-order valence-corrected chi connectivity index (χ0v) is 16.4. The molecule has 0 unspecified atom stereocenters. The number of halogens is 3. The number of nitrogens with two attached hydrogens (primary N) is 1. The van der Waals surface area contributed by atoms with Gasteiger partial charge in [0.1, 0.15) is 24.1 Å². The van der Waals surface area contributed by atoms with Crippen LogP contribution >= 0.6 is 7.82 Å². The van der Waals surface area contributed by atoms with E-state index in [2.05, 4.69) is 14.6 Å². The van der Waals surface area contributed by atoms with E-state index < -0.39 is 43.2 Å². The Hall–Kier alpha value is -3.26. The Balaban J connectivity index is 2.27. The highest BCUT2D eigenvalue weighted by atomic mass is 31.2. The van der Waals surface area contributed by atoms with Crippen LogP contribution in [0.1, 0.15) is 15.9 Å². The van der Waals surface area contributed by atoms with E-state index >= 15 is 0 Å². The highest BCUT2D eigenvalue weighted by Crippen LogP contribution is 2.37. The second kappa shape index (κ2) is 7.77. The number of fused-ring (bicyclic) bond motifs is 1. The van der Waals surface area contributed by atoms with Gasteiger partial charge in [-0.2, -0.15) is 18.3 Å². The number of phosphoric acid groups is 1. The maximum Gasteiger partial charge on any atom is 0.471 e. The topological polar surface area (TPSA) is 178 Å². The minimum atomic E-state index is -4.95. The first-order chi connectivity index (χ1) is 14.3. The van der Waals surface area contributed by atoms with Crippen molar-refractivity contribution in [2.24, 2.45) is 5.73 Å². The van der Waals surface area contributed by atoms with Crippen molar-refractivity contribution < 1.29 is 41.6 Å². The fourth-order valence-corrected chi connectivity index (χ4v) is 3.02. The van der Waals surface area contributed by atoms with Crippen LogP contribution in [0.25, 0.3) is 16.8 Å². The van der Waals surface area contributed by atoms with Gasteiger partial charge in [0.25, 0.3) is 5.91 Å². The Morgan fingerprint density at radius 2 is 2.03 bits per heavy atom. The molecule has 0 aromatic carbocycles. The number of methoxy groups -OCH3 is 1. The van der Waals surface area contributed by atoms with Gasteiger partial charge in [0.15, 0.2) is 5.49 Å². The summed E-state index contributed by atoms with van der Waals surface area (Å²) in [5, 5.41) is 11.9. The molecule has 0 spiro atoms. The normalized spacial score (nSPS) is 12.3. The van der Waals surface area contributed by atoms with Gasteiger partial charge in [-0.05, 0) is 12.1 Å². The Bertz CT molecular complexity index is 1280. The van der Waals surface area contributed by atoms with Crippen molar-refractivity contribution >= 4 is 19.2 Å². The number of nitrogens with zero attached hydrogens (tertiary/aromatic N) is 4. The number of carbonyl (C=O) groups excluding carboxylic acids is 1. The van der Waals surface area contributed by atoms with Gasteiger partial charge < -0.3 is 20.3 Å². The molecule has 0 fully saturated rings. The van der Waals surface area contributed by atoms with E-state index in [0.29, 0.717) is 10.6 Å². The molecule has 3 aromatic heterocycles. The summed E-state index contributed by atoms with van der Waals surface area (Å²) < 4.78 is 62.5. The molecule has 3 rings (SSSR count). The molecular formula is C15H14F3N6O6P. The molecule has 0 saturated carbocycles. The number of rotatable bonds is 6. The van der Waals surface area contributed by atoms with Crippen LogP contribution in [0.15, 0.2) is 24.7 Å². The van der Waals surface area contributed by atoms with E-state index in [1.165, 1.54) is 13.2 Å². The summed E-state index contributed by atoms with van der Waals surface area (Å²) in [7, 11) is -3.71. The van der Waals surface area contributed by atoms with Crippen molar-refractivity contribution in [2.45, 2.75) is 12.9 Å². The zero-order valence-electron chi connectivity index (χ0n) is 15.5. The van der Waals surface area contributed by atoms with Gasteiger partial charge in [-0.3, -0.25) is 19.3 Å². The Morgan fingerprint density at radius 1 is 1.35 bits per heavy atom. The lowest BCUT2D eigenvalue weighted by Gasteiger charge is -2.11. The lowest BCUT2D eigenvalue weighted by Crippen LogP contribution is -2.25. The number of pyridine rings is 1. The van der Waals surface area contributed by atoms with Crippen LogP contribution in [-0.4, -0.2) is 42.0 Å². The van der Waals surface area contributed by atoms with Crippen LogP contribution in [-0.2, 0) is 22.0 Å². The third kappa shape index (κ3) is 4.44. The second-order valence-corrected chi connectivity index (χ2v) is 7.28. The fourth-order valence-electron chi connectivity index (χ4n) is 2.74. The van der Waals surface area contributed by atoms with Crippen molar-refractivity contribution in [1.82, 2.24) is 19.2 Å². The standard InChI is InChI=1S/C15H14F3N6O6P/c1-29-14-8(13(20)25)2-7(4-21-14)10-3-9(15(16,17)18)11-12(19)23(5-22-24(10)11)6-30-31(26,27)28/h2-5,19H,6H2,1H3,(H2,20,25)(H2,26,27,28). The van der Waals surface area contributed by atoms with Gasteiger partial charge in [-0.15, -0.1) is 0 Å². The van der Waals surface area contributed by atoms with Crippen LogP contribution in [0.3, 0.4) is 0 Å². The molecule has 31 heavy (non-hydrogen) atoms. The van der Waals surface area contributed by atoms with E-state index in [1.54, 1.807) is 0 Å². The molecule has 3 aromatic rings. The van der Waals surface area contributed by atoms with E-state index in [9.17, 15) is 22.5 Å². The van der Waals surface area contributed by atoms with Crippen LogP contribution in [0.4, 0.5) is 13.2 Å². The summed E-state index contributed by atoms with van der Waals surface area (Å²) >= 11 is 0. The first-order valence-corrected chi connectivity index (χ1v) is 9.63. The predicted octanol–water partition coefficient (Wildman–Crippen LogP) is 0.870. The molecule has 0 atom stereocenters. The number of carbonyl (C=O) groups is 1. The largest absolute Gasteiger partial charge is 0.480 e. The quantitative estimate of drug-likeness (QED) is 0.390. The first kappa shape index (κ1) is 22.4. The maximum atomic E-state index is 13.7. The smallest absolute Gasteiger partial charge is 0.471 e. The fraction of sp³-hybridized carbons (Fsp3) is 0.200. The number of aromatic nitrogens is 4. The summed E-state index contributed by atoms with van der Waals surface area (Å²) in [6.07, 6.45) is -2.91. The number of alkyl halides is 3. The number of primary amides is 1. The minimum Gasteiger partial charge on any atom is -0.480 e. The highest BCUT2D eigenvalue weighted by molar-refractivity contribution is 7.46. The zero-order chi connectivity index (χ0) is 23.1. The minimum absolute atomic E-state index is 0.0243. The van der Waals surface area contributed by atoms with Gasteiger partial charge in [0.05, 0.1) is 18.4 Å². The van der Waals surface area contributed by atoms with E-state index in [0.717, 1.165) is 17.0 Å². The molecule has 1 amide bonds. The van der Waals surface area contributed by atoms with Crippen molar-refractivity contribution in [2.75, 3.05) is 7.11 Å². The third-order valence-electron chi connectivity index (χ3n) is 4.07. The SMILES string of the molecule is COc1ncc(-c2cc(C(F)(F)F)c3c(=N)n(COP(=O)(O)O)cnn23)cc1C(N)=O. The van der Waals surface area contributed by atoms with E-state index in [-0.39, 0.29) is 22.7 Å². The number of phosphoric ester groups is 1. The number of amides is 1. The lowest BCUT2D eigenvalue weighted by molar-refractivity contribution is -0.136. The van der Waals surface area contributed by atoms with Crippen LogP contribution in [0.5, 0.6) is 5.88 Å². The van der Waals surface area contributed by atoms with Gasteiger partial charge in [0.2, 0.25) is 5.88 Å². The van der Waals surface area contributed by atoms with Crippen molar-refractivity contribution in [1.29, 1.82) is 5.41 Å². The molecular weight excluding hydrogens is 448 g/mol. The summed E-state index contributed by atoms with van der Waals surface area (Å²) in [5.74, 6) is -1.06. The maximum absolute atomic E-state index is 13.7. The molecule has 0 aliphatic heterocycles. The number of nitrogens with one attached hydrogen (secondary N) is 1. The van der Waals surface area contributed by atoms with Crippen molar-refractivity contribution in [3.8, 4) is 17.1 Å². The summed E-state index contributed by atoms with van der Waals surface area (Å²) in [5.41, 5.74) is 2.19. The molecule has 0 saturated heterocycles. The lowest BCUT2D eigenvalue weighted by atomic mass is 10.1. The molecule has 0 aliphatic carbocycles. The average Bonchev–Trinajstić information content (AvgIpc) is 3.07. The van der Waals surface area contributed by atoms with E-state index in [1.807, 2.05) is 0 Å². The summed E-state index contributed by atoms with van der Waals surface area (Å²) in [6, 6.07) is 1.86. The number of ether oxygens (including phenoxy) is 1. The molecule has 166 valence electrons. The molecule has 0 radical (unpaired) electrons. The molecule has 5 N–H and O–H groups in total. The van der Waals surface area contributed by atoms with Gasteiger partial charge in [-0.1, -0.05) is 0 Å². The monoisotopic (exact) mass is 462 g/mol. The van der Waals surface area contributed by atoms with Crippen molar-refractivity contribution in [3.63, 3.8) is 0 Å². The second-order valence-electron chi connectivity index (χ2n) is 6.04. The van der Waals surface area contributed by atoms with Gasteiger partial charge >= 0.3 is 14.0 Å². The van der Waals surface area contributed by atoms with Crippen LogP contribution in [0.2, 0.25) is 0 Å². The van der Waals surface area contributed by atoms with Crippen molar-refractivity contribution in [3.05, 3.63) is 41.3 Å². The van der Waals surface area contributed by atoms with E-state index in [4.69, 9.17) is 25.7 Å². The average molecular weight is 462 g/mol. The van der Waals surface area contributed by atoms with Gasteiger partial charge in [0, 0.05) is 11.8 Å². The number of hydrogen-bond donors (Lipinski definition) is 4. The molecule has 3 heterocycles. The third-order valence-corrected chi connectivity index (χ3v) is 4.52.